The highest BCUT2D eigenvalue weighted by Gasteiger charge is 2.23. The molecule has 0 aromatic heterocycles. The van der Waals surface area contributed by atoms with Gasteiger partial charge in [-0.3, -0.25) is 25.0 Å². The van der Waals surface area contributed by atoms with Crippen molar-refractivity contribution in [3.63, 3.8) is 0 Å². The van der Waals surface area contributed by atoms with Crippen LogP contribution in [0.1, 0.15) is 10.4 Å². The largest absolute Gasteiger partial charge is 0.448 e. The molecular weight excluding hydrogens is 351 g/mol. The Morgan fingerprint density at radius 2 is 1.74 bits per heavy atom. The van der Waals surface area contributed by atoms with Crippen molar-refractivity contribution >= 4 is 40.9 Å². The molecule has 10 heteroatoms. The van der Waals surface area contributed by atoms with Gasteiger partial charge >= 0.3 is 5.69 Å². The van der Waals surface area contributed by atoms with Crippen molar-refractivity contribution in [3.8, 4) is 11.5 Å². The summed E-state index contributed by atoms with van der Waals surface area (Å²) in [6.45, 7) is 0. The fourth-order valence-electron chi connectivity index (χ4n) is 1.73. The van der Waals surface area contributed by atoms with E-state index in [-0.39, 0.29) is 27.1 Å². The van der Waals surface area contributed by atoms with Crippen LogP contribution in [-0.4, -0.2) is 16.1 Å². The van der Waals surface area contributed by atoms with E-state index >= 15 is 0 Å². The van der Waals surface area contributed by atoms with Crippen LogP contribution in [0.25, 0.3) is 0 Å². The molecule has 0 atom stereocenters. The van der Waals surface area contributed by atoms with Gasteiger partial charge in [0.2, 0.25) is 5.75 Å². The van der Waals surface area contributed by atoms with Crippen LogP contribution in [0, 0.1) is 20.2 Å². The minimum absolute atomic E-state index is 0.0184. The van der Waals surface area contributed by atoms with E-state index in [2.05, 4.69) is 0 Å². The van der Waals surface area contributed by atoms with Crippen LogP contribution in [0.3, 0.4) is 0 Å². The van der Waals surface area contributed by atoms with Crippen molar-refractivity contribution in [2.24, 2.45) is 0 Å². The monoisotopic (exact) mass is 356 g/mol. The van der Waals surface area contributed by atoms with Gasteiger partial charge in [0.25, 0.3) is 5.69 Å². The van der Waals surface area contributed by atoms with E-state index in [1.165, 1.54) is 12.1 Å². The summed E-state index contributed by atoms with van der Waals surface area (Å²) in [6.07, 6.45) is 0.421. The first-order chi connectivity index (χ1) is 10.8. The summed E-state index contributed by atoms with van der Waals surface area (Å²) >= 11 is 11.7. The number of benzene rings is 2. The van der Waals surface area contributed by atoms with Crippen LogP contribution in [-0.2, 0) is 0 Å². The highest BCUT2D eigenvalue weighted by atomic mass is 35.5. The highest BCUT2D eigenvalue weighted by Crippen LogP contribution is 2.39. The zero-order valence-corrected chi connectivity index (χ0v) is 12.6. The third-order valence-electron chi connectivity index (χ3n) is 2.73. The lowest BCUT2D eigenvalue weighted by Crippen LogP contribution is -1.98. The minimum Gasteiger partial charge on any atom is -0.448 e. The molecule has 0 bridgehead atoms. The number of carbonyl (C=O) groups excluding carboxylic acids is 1. The molecule has 2 rings (SSSR count). The van der Waals surface area contributed by atoms with Gasteiger partial charge in [-0.05, 0) is 18.2 Å². The van der Waals surface area contributed by atoms with Crippen LogP contribution in [0.4, 0.5) is 11.4 Å². The smallest absolute Gasteiger partial charge is 0.318 e. The number of rotatable bonds is 5. The van der Waals surface area contributed by atoms with E-state index in [9.17, 15) is 25.0 Å². The topological polar surface area (TPSA) is 113 Å². The third-order valence-corrected chi connectivity index (χ3v) is 3.23. The fourth-order valence-corrected chi connectivity index (χ4v) is 2.28. The fraction of sp³-hybridized carbons (Fsp3) is 0. The van der Waals surface area contributed by atoms with Crippen molar-refractivity contribution in [2.75, 3.05) is 0 Å². The van der Waals surface area contributed by atoms with E-state index in [0.717, 1.165) is 18.2 Å². The standard InChI is InChI=1S/C13H6Cl2N2O6/c14-8-3-7(6-18)13(10(15)4-8)23-12-2-1-9(16(19)20)5-11(12)17(21)22/h1-6H. The zero-order chi connectivity index (χ0) is 17.1. The lowest BCUT2D eigenvalue weighted by Gasteiger charge is -2.10. The summed E-state index contributed by atoms with van der Waals surface area (Å²) in [4.78, 5) is 31.2. The second-order valence-corrected chi connectivity index (χ2v) is 5.04. The van der Waals surface area contributed by atoms with E-state index < -0.39 is 21.2 Å². The molecule has 0 spiro atoms. The molecule has 118 valence electrons. The van der Waals surface area contributed by atoms with Gasteiger partial charge in [-0.1, -0.05) is 23.2 Å². The van der Waals surface area contributed by atoms with Crippen LogP contribution in [0.15, 0.2) is 30.3 Å². The molecule has 0 amide bonds. The van der Waals surface area contributed by atoms with Crippen LogP contribution in [0.5, 0.6) is 11.5 Å². The summed E-state index contributed by atoms with van der Waals surface area (Å²) < 4.78 is 5.33. The average Bonchev–Trinajstić information content (AvgIpc) is 2.49. The van der Waals surface area contributed by atoms with E-state index in [1.54, 1.807) is 0 Å². The first-order valence-corrected chi connectivity index (χ1v) is 6.64. The maximum absolute atomic E-state index is 11.1. The summed E-state index contributed by atoms with van der Waals surface area (Å²) in [6, 6.07) is 5.40. The zero-order valence-electron chi connectivity index (χ0n) is 11.1. The summed E-state index contributed by atoms with van der Waals surface area (Å²) in [5.74, 6) is -0.434. The summed E-state index contributed by atoms with van der Waals surface area (Å²) in [7, 11) is 0. The second-order valence-electron chi connectivity index (χ2n) is 4.19. The predicted molar refractivity (Wildman–Crippen MR) is 81.7 cm³/mol. The number of non-ortho nitro benzene ring substituents is 1. The Hall–Kier alpha value is -2.71. The van der Waals surface area contributed by atoms with Gasteiger partial charge in [0.1, 0.15) is 0 Å². The number of nitrogens with zero attached hydrogens (tertiary/aromatic N) is 2. The van der Waals surface area contributed by atoms with Gasteiger partial charge in [-0.15, -0.1) is 0 Å². The predicted octanol–water partition coefficient (Wildman–Crippen LogP) is 4.41. The number of hydrogen-bond donors (Lipinski definition) is 0. The van der Waals surface area contributed by atoms with Crippen LogP contribution < -0.4 is 4.74 Å². The van der Waals surface area contributed by atoms with E-state index in [1.807, 2.05) is 0 Å². The van der Waals surface area contributed by atoms with Crippen molar-refractivity contribution in [1.29, 1.82) is 0 Å². The molecule has 2 aromatic rings. The quantitative estimate of drug-likeness (QED) is 0.445. The Morgan fingerprint density at radius 3 is 2.30 bits per heavy atom. The highest BCUT2D eigenvalue weighted by molar-refractivity contribution is 6.36. The lowest BCUT2D eigenvalue weighted by atomic mass is 10.2. The lowest BCUT2D eigenvalue weighted by molar-refractivity contribution is -0.394. The van der Waals surface area contributed by atoms with Crippen molar-refractivity contribution in [3.05, 3.63) is 66.2 Å². The molecule has 0 heterocycles. The van der Waals surface area contributed by atoms with Crippen LogP contribution >= 0.6 is 23.2 Å². The number of ether oxygens (including phenoxy) is 1. The van der Waals surface area contributed by atoms with Crippen molar-refractivity contribution in [1.82, 2.24) is 0 Å². The molecular formula is C13H6Cl2N2O6. The van der Waals surface area contributed by atoms with Crippen molar-refractivity contribution in [2.45, 2.75) is 0 Å². The number of nitro groups is 2. The Balaban J connectivity index is 2.55. The van der Waals surface area contributed by atoms with Gasteiger partial charge in [0.15, 0.2) is 12.0 Å². The SMILES string of the molecule is O=Cc1cc(Cl)cc(Cl)c1Oc1ccc([N+](=O)[O-])cc1[N+](=O)[O-]. The Labute approximate surface area is 138 Å². The molecule has 0 N–H and O–H groups in total. The van der Waals surface area contributed by atoms with Gasteiger partial charge in [0, 0.05) is 11.1 Å². The van der Waals surface area contributed by atoms with Crippen molar-refractivity contribution < 1.29 is 19.4 Å². The number of nitro benzene ring substituents is 2. The maximum Gasteiger partial charge on any atom is 0.318 e. The number of hydrogen-bond acceptors (Lipinski definition) is 6. The molecule has 0 aliphatic carbocycles. The number of carbonyl (C=O) groups is 1. The average molecular weight is 357 g/mol. The molecule has 0 aliphatic rings. The third kappa shape index (κ3) is 3.55. The molecule has 0 aliphatic heterocycles. The molecule has 0 saturated carbocycles. The summed E-state index contributed by atoms with van der Waals surface area (Å²) in [5.41, 5.74) is -1.13. The Bertz CT molecular complexity index is 824. The van der Waals surface area contributed by atoms with Gasteiger partial charge in [-0.25, -0.2) is 0 Å². The Morgan fingerprint density at radius 1 is 1.04 bits per heavy atom. The molecule has 2 aromatic carbocycles. The minimum atomic E-state index is -0.841. The molecule has 0 saturated heterocycles. The van der Waals surface area contributed by atoms with E-state index in [4.69, 9.17) is 27.9 Å². The maximum atomic E-state index is 11.1. The van der Waals surface area contributed by atoms with E-state index in [0.29, 0.717) is 6.29 Å². The van der Waals surface area contributed by atoms with Crippen LogP contribution in [0.2, 0.25) is 10.0 Å². The first-order valence-electron chi connectivity index (χ1n) is 5.88. The molecule has 8 nitrogen and oxygen atoms in total. The normalized spacial score (nSPS) is 10.2. The molecule has 0 fully saturated rings. The van der Waals surface area contributed by atoms with Gasteiger partial charge in [-0.2, -0.15) is 0 Å². The number of aldehydes is 1. The molecule has 0 radical (unpaired) electrons. The first kappa shape index (κ1) is 16.7. The van der Waals surface area contributed by atoms with Gasteiger partial charge in [0.05, 0.1) is 26.5 Å². The summed E-state index contributed by atoms with van der Waals surface area (Å²) in [5, 5.41) is 21.9. The molecule has 0 unspecified atom stereocenters. The second kappa shape index (κ2) is 6.59. The Kier molecular flexibility index (Phi) is 4.77. The van der Waals surface area contributed by atoms with Gasteiger partial charge < -0.3 is 4.74 Å². The number of halogens is 2. The molecule has 23 heavy (non-hydrogen) atoms.